The number of carbonyl (C=O) groups excluding carboxylic acids is 1. The first-order valence-corrected chi connectivity index (χ1v) is 6.71. The number of rotatable bonds is 5. The van der Waals surface area contributed by atoms with E-state index >= 15 is 0 Å². The van der Waals surface area contributed by atoms with Crippen LogP contribution in [0, 0.1) is 0 Å². The fourth-order valence-electron chi connectivity index (χ4n) is 0.548. The zero-order valence-corrected chi connectivity index (χ0v) is 9.80. The van der Waals surface area contributed by atoms with Crippen LogP contribution in [-0.4, -0.2) is 32.4 Å². The summed E-state index contributed by atoms with van der Waals surface area (Å²) in [5.41, 5.74) is -0.217. The highest BCUT2D eigenvalue weighted by molar-refractivity contribution is 7.61. The Hall–Kier alpha value is -0.530. The summed E-state index contributed by atoms with van der Waals surface area (Å²) in [5, 5.41) is 8.40. The second kappa shape index (κ2) is 5.70. The summed E-state index contributed by atoms with van der Waals surface area (Å²) >= 11 is 0. The van der Waals surface area contributed by atoms with Crippen molar-refractivity contribution in [3.05, 3.63) is 11.6 Å². The zero-order valence-electron chi connectivity index (χ0n) is 8.01. The van der Waals surface area contributed by atoms with E-state index in [0.717, 1.165) is 13.0 Å². The third kappa shape index (κ3) is 6.86. The molecule has 0 saturated carbocycles. The molecule has 0 aliphatic heterocycles. The Kier molecular flexibility index (Phi) is 5.51. The predicted molar refractivity (Wildman–Crippen MR) is 49.9 cm³/mol. The first kappa shape index (κ1) is 15.5. The number of hydrogen-bond acceptors (Lipinski definition) is 6. The lowest BCUT2D eigenvalue weighted by Crippen LogP contribution is -2.05. The molecule has 0 spiro atoms. The van der Waals surface area contributed by atoms with Crippen molar-refractivity contribution in [2.45, 2.75) is 6.92 Å². The molecule has 0 aromatic rings. The molecule has 0 aromatic carbocycles. The minimum atomic E-state index is -5.25. The van der Waals surface area contributed by atoms with Crippen molar-refractivity contribution >= 4 is 21.6 Å². The van der Waals surface area contributed by atoms with Crippen molar-refractivity contribution in [2.75, 3.05) is 6.61 Å². The summed E-state index contributed by atoms with van der Waals surface area (Å²) in [6, 6.07) is 0. The van der Waals surface area contributed by atoms with Crippen molar-refractivity contribution in [1.29, 1.82) is 0 Å². The number of carbonyl (C=O) groups is 1. The molecule has 9 nitrogen and oxygen atoms in total. The van der Waals surface area contributed by atoms with Crippen LogP contribution in [0.3, 0.4) is 0 Å². The number of phosphoric acid groups is 2. The summed E-state index contributed by atoms with van der Waals surface area (Å²) < 4.78 is 28.3. The van der Waals surface area contributed by atoms with Crippen LogP contribution in [0.15, 0.2) is 11.6 Å². The van der Waals surface area contributed by atoms with Crippen molar-refractivity contribution < 1.29 is 42.5 Å². The van der Waals surface area contributed by atoms with Gasteiger partial charge in [-0.1, -0.05) is 0 Å². The smallest absolute Gasteiger partial charge is 0.392 e. The Morgan fingerprint density at radius 1 is 1.31 bits per heavy atom. The van der Waals surface area contributed by atoms with Crippen molar-refractivity contribution in [1.82, 2.24) is 0 Å². The maximum atomic E-state index is 11.0. The third-order valence-corrected chi connectivity index (χ3v) is 3.20. The van der Waals surface area contributed by atoms with Crippen molar-refractivity contribution in [3.63, 3.8) is 0 Å². The fraction of sp³-hybridized carbons (Fsp3) is 0.400. The van der Waals surface area contributed by atoms with Gasteiger partial charge in [-0.2, -0.15) is 4.31 Å². The van der Waals surface area contributed by atoms with Crippen LogP contribution < -0.4 is 0 Å². The summed E-state index contributed by atoms with van der Waals surface area (Å²) in [5.74, 6) is -1.34. The Morgan fingerprint density at radius 3 is 2.19 bits per heavy atom. The second-order valence-corrected chi connectivity index (χ2v) is 5.24. The lowest BCUT2D eigenvalue weighted by atomic mass is 10.3. The van der Waals surface area contributed by atoms with Gasteiger partial charge in [-0.25, -0.2) is 13.9 Å². The maximum absolute atomic E-state index is 11.0. The molecule has 0 aromatic heterocycles. The maximum Gasteiger partial charge on any atom is 0.538 e. The Labute approximate surface area is 90.2 Å². The SMILES string of the molecule is CC(=CCO)C(=O)OP(=O)(O)OP(=O)(O)O. The highest BCUT2D eigenvalue weighted by Gasteiger charge is 2.35. The van der Waals surface area contributed by atoms with Crippen molar-refractivity contribution in [3.8, 4) is 0 Å². The highest BCUT2D eigenvalue weighted by Crippen LogP contribution is 2.57. The molecule has 0 aliphatic rings. The average Bonchev–Trinajstić information content (AvgIpc) is 1.98. The molecule has 1 unspecified atom stereocenters. The predicted octanol–water partition coefficient (Wildman–Crippen LogP) is -0.322. The van der Waals surface area contributed by atoms with Crippen LogP contribution in [-0.2, 0) is 22.8 Å². The molecule has 0 saturated heterocycles. The largest absolute Gasteiger partial charge is 0.538 e. The Morgan fingerprint density at radius 2 is 1.81 bits per heavy atom. The molecule has 0 heterocycles. The lowest BCUT2D eigenvalue weighted by Gasteiger charge is -2.11. The third-order valence-electron chi connectivity index (χ3n) is 1.13. The van der Waals surface area contributed by atoms with Gasteiger partial charge in [0.1, 0.15) is 0 Å². The van der Waals surface area contributed by atoms with E-state index in [9.17, 15) is 13.9 Å². The van der Waals surface area contributed by atoms with Gasteiger partial charge in [0, 0.05) is 5.57 Å². The standard InChI is InChI=1S/C5H10O9P2/c1-4(2-3-6)5(7)13-16(11,12)14-15(8,9)10/h2,6H,3H2,1H3,(H,11,12)(H2,8,9,10). The van der Waals surface area contributed by atoms with E-state index in [-0.39, 0.29) is 5.57 Å². The Bertz CT molecular complexity index is 379. The summed E-state index contributed by atoms with van der Waals surface area (Å²) in [7, 11) is -10.4. The number of phosphoric ester groups is 1. The number of aliphatic hydroxyl groups is 1. The van der Waals surface area contributed by atoms with Crippen LogP contribution in [0.2, 0.25) is 0 Å². The van der Waals surface area contributed by atoms with E-state index < -0.39 is 28.2 Å². The van der Waals surface area contributed by atoms with E-state index in [1.807, 2.05) is 0 Å². The summed E-state index contributed by atoms with van der Waals surface area (Å²) in [4.78, 5) is 36.2. The van der Waals surface area contributed by atoms with Gasteiger partial charge in [0.2, 0.25) is 0 Å². The van der Waals surface area contributed by atoms with Crippen LogP contribution in [0.5, 0.6) is 0 Å². The molecular weight excluding hydrogens is 266 g/mol. The minimum Gasteiger partial charge on any atom is -0.392 e. The van der Waals surface area contributed by atoms with E-state index in [1.54, 1.807) is 0 Å². The van der Waals surface area contributed by atoms with E-state index in [1.165, 1.54) is 0 Å². The molecule has 0 fully saturated rings. The van der Waals surface area contributed by atoms with Gasteiger partial charge in [-0.15, -0.1) is 0 Å². The quantitative estimate of drug-likeness (QED) is 0.391. The fourth-order valence-corrected chi connectivity index (χ4v) is 2.11. The molecule has 11 heteroatoms. The van der Waals surface area contributed by atoms with Gasteiger partial charge in [-0.3, -0.25) is 4.89 Å². The summed E-state index contributed by atoms with van der Waals surface area (Å²) in [6.07, 6.45) is 0.972. The van der Waals surface area contributed by atoms with Gasteiger partial charge in [0.15, 0.2) is 0 Å². The van der Waals surface area contributed by atoms with E-state index in [0.29, 0.717) is 0 Å². The van der Waals surface area contributed by atoms with Crippen LogP contribution >= 0.6 is 15.6 Å². The lowest BCUT2D eigenvalue weighted by molar-refractivity contribution is -0.131. The number of hydrogen-bond donors (Lipinski definition) is 4. The molecule has 16 heavy (non-hydrogen) atoms. The minimum absolute atomic E-state index is 0.217. The zero-order chi connectivity index (χ0) is 13.0. The van der Waals surface area contributed by atoms with E-state index in [4.69, 9.17) is 19.8 Å². The summed E-state index contributed by atoms with van der Waals surface area (Å²) in [6.45, 7) is 0.659. The van der Waals surface area contributed by atoms with Crippen LogP contribution in [0.1, 0.15) is 6.92 Å². The molecule has 0 aliphatic carbocycles. The molecule has 4 N–H and O–H groups in total. The van der Waals surface area contributed by atoms with E-state index in [2.05, 4.69) is 8.83 Å². The molecular formula is C5H10O9P2. The number of aliphatic hydroxyl groups excluding tert-OH is 1. The highest BCUT2D eigenvalue weighted by atomic mass is 31.3. The molecule has 0 rings (SSSR count). The molecule has 94 valence electrons. The normalized spacial score (nSPS) is 16.7. The first-order chi connectivity index (χ1) is 7.07. The monoisotopic (exact) mass is 276 g/mol. The molecule has 0 radical (unpaired) electrons. The Balaban J connectivity index is 4.61. The molecule has 0 amide bonds. The van der Waals surface area contributed by atoms with Crippen LogP contribution in [0.4, 0.5) is 0 Å². The topological polar surface area (TPSA) is 151 Å². The van der Waals surface area contributed by atoms with Gasteiger partial charge >= 0.3 is 21.6 Å². The van der Waals surface area contributed by atoms with Gasteiger partial charge < -0.3 is 19.4 Å². The molecule has 1 atom stereocenters. The average molecular weight is 276 g/mol. The van der Waals surface area contributed by atoms with Gasteiger partial charge in [-0.05, 0) is 13.0 Å². The van der Waals surface area contributed by atoms with Crippen molar-refractivity contribution in [2.24, 2.45) is 0 Å². The first-order valence-electron chi connectivity index (χ1n) is 3.68. The second-order valence-electron chi connectivity index (χ2n) is 2.49. The van der Waals surface area contributed by atoms with Crippen LogP contribution in [0.25, 0.3) is 0 Å². The molecule has 0 bridgehead atoms. The van der Waals surface area contributed by atoms with Gasteiger partial charge in [0.25, 0.3) is 0 Å². The van der Waals surface area contributed by atoms with Gasteiger partial charge in [0.05, 0.1) is 6.61 Å².